The van der Waals surface area contributed by atoms with Crippen molar-refractivity contribution >= 4 is 23.4 Å². The molecule has 0 heterocycles. The average molecular weight is 295 g/mol. The van der Waals surface area contributed by atoms with Gasteiger partial charge < -0.3 is 4.74 Å². The van der Waals surface area contributed by atoms with Crippen LogP contribution in [0.15, 0.2) is 29.2 Å². The number of ether oxygens (including phenoxy) is 1. The molecular weight excluding hydrogens is 278 g/mol. The number of carbonyl (C=O) groups is 1. The van der Waals surface area contributed by atoms with E-state index in [1.807, 2.05) is 0 Å². The molecule has 0 radical (unpaired) electrons. The molecule has 1 saturated carbocycles. The summed E-state index contributed by atoms with van der Waals surface area (Å²) in [6, 6.07) is 6.63. The standard InChI is InChI=1S/C14H17NO4S/c1-19-14(16)10-2-6-12(7-3-10)20-13-8-4-11(5-9-13)15(17)18/h4-5,8-10,12H,2-3,6-7H2,1H3/t10-,12+. The van der Waals surface area contributed by atoms with Crippen molar-refractivity contribution in [1.82, 2.24) is 0 Å². The number of benzene rings is 1. The molecule has 1 aromatic rings. The van der Waals surface area contributed by atoms with Crippen LogP contribution in [0.25, 0.3) is 0 Å². The first-order valence-electron chi connectivity index (χ1n) is 6.59. The van der Waals surface area contributed by atoms with Gasteiger partial charge in [0.1, 0.15) is 0 Å². The SMILES string of the molecule is COC(=O)[C@H]1CC[C@@H](Sc2ccc([N+](=O)[O-])cc2)CC1. The summed E-state index contributed by atoms with van der Waals surface area (Å²) in [5, 5.41) is 11.1. The second-order valence-electron chi connectivity index (χ2n) is 4.87. The highest BCUT2D eigenvalue weighted by molar-refractivity contribution is 8.00. The zero-order chi connectivity index (χ0) is 14.5. The van der Waals surface area contributed by atoms with Gasteiger partial charge in [-0.3, -0.25) is 14.9 Å². The van der Waals surface area contributed by atoms with Crippen molar-refractivity contribution in [2.24, 2.45) is 5.92 Å². The first kappa shape index (κ1) is 14.8. The van der Waals surface area contributed by atoms with Gasteiger partial charge in [-0.2, -0.15) is 0 Å². The summed E-state index contributed by atoms with van der Waals surface area (Å²) in [6.45, 7) is 0. The predicted octanol–water partition coefficient (Wildman–Crippen LogP) is 3.42. The van der Waals surface area contributed by atoms with Crippen molar-refractivity contribution in [2.45, 2.75) is 35.8 Å². The summed E-state index contributed by atoms with van der Waals surface area (Å²) in [4.78, 5) is 22.7. The number of hydrogen-bond acceptors (Lipinski definition) is 5. The van der Waals surface area contributed by atoms with Crippen LogP contribution in [0.3, 0.4) is 0 Å². The lowest BCUT2D eigenvalue weighted by atomic mass is 9.89. The van der Waals surface area contributed by atoms with Crippen LogP contribution in [-0.4, -0.2) is 23.3 Å². The van der Waals surface area contributed by atoms with E-state index in [4.69, 9.17) is 4.74 Å². The van der Waals surface area contributed by atoms with E-state index in [1.54, 1.807) is 23.9 Å². The molecule has 108 valence electrons. The first-order valence-corrected chi connectivity index (χ1v) is 7.47. The molecule has 0 aromatic heterocycles. The number of hydrogen-bond donors (Lipinski definition) is 0. The maximum Gasteiger partial charge on any atom is 0.308 e. The van der Waals surface area contributed by atoms with Crippen molar-refractivity contribution in [2.75, 3.05) is 7.11 Å². The van der Waals surface area contributed by atoms with Gasteiger partial charge in [-0.15, -0.1) is 11.8 Å². The normalized spacial score (nSPS) is 22.2. The third-order valence-corrected chi connectivity index (χ3v) is 4.91. The highest BCUT2D eigenvalue weighted by Gasteiger charge is 2.27. The van der Waals surface area contributed by atoms with Gasteiger partial charge in [-0.05, 0) is 37.8 Å². The van der Waals surface area contributed by atoms with Crippen LogP contribution in [0.4, 0.5) is 5.69 Å². The molecule has 1 aromatic carbocycles. The molecule has 1 aliphatic rings. The fraction of sp³-hybridized carbons (Fsp3) is 0.500. The Kier molecular flexibility index (Phi) is 5.00. The van der Waals surface area contributed by atoms with E-state index in [-0.39, 0.29) is 17.6 Å². The van der Waals surface area contributed by atoms with Crippen LogP contribution in [-0.2, 0) is 9.53 Å². The molecule has 0 bridgehead atoms. The number of esters is 1. The monoisotopic (exact) mass is 295 g/mol. The molecule has 0 saturated heterocycles. The highest BCUT2D eigenvalue weighted by atomic mass is 32.2. The molecule has 0 aliphatic heterocycles. The summed E-state index contributed by atoms with van der Waals surface area (Å²) in [7, 11) is 1.43. The van der Waals surface area contributed by atoms with Crippen LogP contribution in [0.5, 0.6) is 0 Å². The number of nitro benzene ring substituents is 1. The van der Waals surface area contributed by atoms with Gasteiger partial charge in [0.15, 0.2) is 0 Å². The van der Waals surface area contributed by atoms with E-state index in [0.29, 0.717) is 5.25 Å². The molecule has 0 unspecified atom stereocenters. The lowest BCUT2D eigenvalue weighted by molar-refractivity contribution is -0.384. The van der Waals surface area contributed by atoms with Crippen molar-refractivity contribution in [3.63, 3.8) is 0 Å². The van der Waals surface area contributed by atoms with Crippen LogP contribution in [0.1, 0.15) is 25.7 Å². The topological polar surface area (TPSA) is 69.4 Å². The number of nitrogens with zero attached hydrogens (tertiary/aromatic N) is 1. The fourth-order valence-corrected chi connectivity index (χ4v) is 3.61. The predicted molar refractivity (Wildman–Crippen MR) is 76.7 cm³/mol. The number of carbonyl (C=O) groups excluding carboxylic acids is 1. The molecule has 1 fully saturated rings. The van der Waals surface area contributed by atoms with Gasteiger partial charge >= 0.3 is 5.97 Å². The summed E-state index contributed by atoms with van der Waals surface area (Å²) < 4.78 is 4.77. The van der Waals surface area contributed by atoms with E-state index in [0.717, 1.165) is 30.6 Å². The summed E-state index contributed by atoms with van der Waals surface area (Å²) in [6.07, 6.45) is 3.66. The molecule has 0 N–H and O–H groups in total. The molecule has 2 rings (SSSR count). The Morgan fingerprint density at radius 3 is 2.35 bits per heavy atom. The van der Waals surface area contributed by atoms with Crippen LogP contribution in [0.2, 0.25) is 0 Å². The van der Waals surface area contributed by atoms with Crippen LogP contribution >= 0.6 is 11.8 Å². The van der Waals surface area contributed by atoms with Crippen molar-refractivity contribution in [3.05, 3.63) is 34.4 Å². The minimum absolute atomic E-state index is 0.0358. The van der Waals surface area contributed by atoms with Crippen molar-refractivity contribution in [3.8, 4) is 0 Å². The van der Waals surface area contributed by atoms with E-state index in [9.17, 15) is 14.9 Å². The van der Waals surface area contributed by atoms with Gasteiger partial charge in [-0.1, -0.05) is 0 Å². The number of thioether (sulfide) groups is 1. The van der Waals surface area contributed by atoms with Gasteiger partial charge in [-0.25, -0.2) is 0 Å². The molecule has 20 heavy (non-hydrogen) atoms. The Hall–Kier alpha value is -1.56. The van der Waals surface area contributed by atoms with Crippen molar-refractivity contribution in [1.29, 1.82) is 0 Å². The first-order chi connectivity index (χ1) is 9.60. The maximum atomic E-state index is 11.4. The minimum atomic E-state index is -0.393. The van der Waals surface area contributed by atoms with E-state index in [1.165, 1.54) is 19.2 Å². The highest BCUT2D eigenvalue weighted by Crippen LogP contribution is 2.36. The van der Waals surface area contributed by atoms with Crippen molar-refractivity contribution < 1.29 is 14.5 Å². The average Bonchev–Trinajstić information content (AvgIpc) is 2.48. The molecule has 0 amide bonds. The molecule has 0 spiro atoms. The second kappa shape index (κ2) is 6.74. The summed E-state index contributed by atoms with van der Waals surface area (Å²) in [5.41, 5.74) is 0.115. The Labute approximate surface area is 121 Å². The lowest BCUT2D eigenvalue weighted by Crippen LogP contribution is -2.23. The molecule has 6 heteroatoms. The zero-order valence-electron chi connectivity index (χ0n) is 11.3. The number of non-ortho nitro benzene ring substituents is 1. The Bertz CT molecular complexity index is 480. The number of methoxy groups -OCH3 is 1. The van der Waals surface area contributed by atoms with Crippen LogP contribution < -0.4 is 0 Å². The van der Waals surface area contributed by atoms with E-state index in [2.05, 4.69) is 0 Å². The molecule has 0 atom stereocenters. The summed E-state index contributed by atoms with van der Waals surface area (Å²) in [5.74, 6) is -0.0718. The Balaban J connectivity index is 1.86. The number of rotatable bonds is 4. The van der Waals surface area contributed by atoms with E-state index < -0.39 is 4.92 Å². The minimum Gasteiger partial charge on any atom is -0.469 e. The maximum absolute atomic E-state index is 11.4. The quantitative estimate of drug-likeness (QED) is 0.483. The summed E-state index contributed by atoms with van der Waals surface area (Å²) >= 11 is 1.73. The third-order valence-electron chi connectivity index (χ3n) is 3.56. The largest absolute Gasteiger partial charge is 0.469 e. The fourth-order valence-electron chi connectivity index (χ4n) is 2.42. The zero-order valence-corrected chi connectivity index (χ0v) is 12.1. The van der Waals surface area contributed by atoms with Gasteiger partial charge in [0.25, 0.3) is 5.69 Å². The third kappa shape index (κ3) is 3.72. The smallest absolute Gasteiger partial charge is 0.308 e. The van der Waals surface area contributed by atoms with Gasteiger partial charge in [0.2, 0.25) is 0 Å². The molecular formula is C14H17NO4S. The van der Waals surface area contributed by atoms with Crippen LogP contribution in [0, 0.1) is 16.0 Å². The lowest BCUT2D eigenvalue weighted by Gasteiger charge is -2.26. The number of nitro groups is 1. The van der Waals surface area contributed by atoms with Gasteiger partial charge in [0, 0.05) is 22.3 Å². The molecule has 5 nitrogen and oxygen atoms in total. The second-order valence-corrected chi connectivity index (χ2v) is 6.24. The Morgan fingerprint density at radius 2 is 1.85 bits per heavy atom. The molecule has 1 aliphatic carbocycles. The van der Waals surface area contributed by atoms with E-state index >= 15 is 0 Å². The Morgan fingerprint density at radius 1 is 1.25 bits per heavy atom. The van der Waals surface area contributed by atoms with Gasteiger partial charge in [0.05, 0.1) is 18.0 Å².